The van der Waals surface area contributed by atoms with Crippen molar-refractivity contribution < 1.29 is 29.1 Å². The van der Waals surface area contributed by atoms with Gasteiger partial charge in [0.2, 0.25) is 17.7 Å². The topological polar surface area (TPSA) is 145 Å². The molecule has 1 unspecified atom stereocenters. The minimum atomic E-state index is -1.30. The van der Waals surface area contributed by atoms with E-state index in [0.717, 1.165) is 11.1 Å². The lowest BCUT2D eigenvalue weighted by Crippen LogP contribution is -2.54. The third-order valence-electron chi connectivity index (χ3n) is 5.03. The highest BCUT2D eigenvalue weighted by Gasteiger charge is 2.39. The van der Waals surface area contributed by atoms with Gasteiger partial charge in [-0.05, 0) is 37.5 Å². The molecule has 0 radical (unpaired) electrons. The van der Waals surface area contributed by atoms with Gasteiger partial charge in [0.05, 0.1) is 0 Å². The third-order valence-corrected chi connectivity index (χ3v) is 5.03. The molecule has 1 fully saturated rings. The second-order valence-corrected chi connectivity index (χ2v) is 7.63. The van der Waals surface area contributed by atoms with Crippen molar-refractivity contribution >= 4 is 29.7 Å². The summed E-state index contributed by atoms with van der Waals surface area (Å²) in [5, 5.41) is 15.9. The number of amides is 5. The van der Waals surface area contributed by atoms with Crippen LogP contribution in [0.15, 0.2) is 18.2 Å². The van der Waals surface area contributed by atoms with Gasteiger partial charge < -0.3 is 20.6 Å². The van der Waals surface area contributed by atoms with Gasteiger partial charge in [-0.3, -0.25) is 24.5 Å². The molecule has 154 valence electrons. The summed E-state index contributed by atoms with van der Waals surface area (Å²) >= 11 is 0. The van der Waals surface area contributed by atoms with E-state index in [1.54, 1.807) is 18.2 Å². The second-order valence-electron chi connectivity index (χ2n) is 7.63. The SMILES string of the molecule is CC(C)(NC(=O)O)C(=O)NCc1ccc2c(c1)CN(C1CCC(=O)NC1=O)C2=O. The first-order chi connectivity index (χ1) is 13.6. The number of piperidine rings is 1. The molecule has 2 heterocycles. The average molecular weight is 402 g/mol. The summed E-state index contributed by atoms with van der Waals surface area (Å²) in [4.78, 5) is 60.5. The van der Waals surface area contributed by atoms with Crippen LogP contribution >= 0.6 is 0 Å². The number of nitrogens with zero attached hydrogens (tertiary/aromatic N) is 1. The number of hydrogen-bond acceptors (Lipinski definition) is 5. The van der Waals surface area contributed by atoms with Crippen LogP contribution in [0.4, 0.5) is 4.79 Å². The summed E-state index contributed by atoms with van der Waals surface area (Å²) in [5.41, 5.74) is 0.661. The molecular formula is C19H22N4O6. The summed E-state index contributed by atoms with van der Waals surface area (Å²) in [6.45, 7) is 3.31. The zero-order chi connectivity index (χ0) is 21.3. The van der Waals surface area contributed by atoms with Gasteiger partial charge in [-0.25, -0.2) is 4.79 Å². The Bertz CT molecular complexity index is 910. The fraction of sp³-hybridized carbons (Fsp3) is 0.421. The van der Waals surface area contributed by atoms with Crippen LogP contribution in [0.25, 0.3) is 0 Å². The Morgan fingerprint density at radius 1 is 1.28 bits per heavy atom. The summed E-state index contributed by atoms with van der Waals surface area (Å²) in [6, 6.07) is 4.43. The number of nitrogens with one attached hydrogen (secondary N) is 3. The predicted molar refractivity (Wildman–Crippen MR) is 99.6 cm³/mol. The van der Waals surface area contributed by atoms with Crippen molar-refractivity contribution in [3.63, 3.8) is 0 Å². The Hall–Kier alpha value is -3.43. The maximum atomic E-state index is 12.7. The quantitative estimate of drug-likeness (QED) is 0.515. The van der Waals surface area contributed by atoms with Crippen LogP contribution in [0.1, 0.15) is 48.2 Å². The highest BCUT2D eigenvalue weighted by molar-refractivity contribution is 6.05. The van der Waals surface area contributed by atoms with Gasteiger partial charge in [0.1, 0.15) is 11.6 Å². The van der Waals surface area contributed by atoms with Crippen LogP contribution in [-0.4, -0.2) is 51.3 Å². The van der Waals surface area contributed by atoms with Gasteiger partial charge in [-0.2, -0.15) is 0 Å². The molecule has 2 aliphatic rings. The number of hydrogen-bond donors (Lipinski definition) is 4. The molecule has 29 heavy (non-hydrogen) atoms. The lowest BCUT2D eigenvalue weighted by molar-refractivity contribution is -0.137. The molecule has 5 amide bonds. The van der Waals surface area contributed by atoms with Crippen molar-refractivity contribution in [1.29, 1.82) is 0 Å². The first-order valence-corrected chi connectivity index (χ1v) is 9.14. The molecule has 1 atom stereocenters. The second kappa shape index (κ2) is 7.53. The highest BCUT2D eigenvalue weighted by atomic mass is 16.4. The molecule has 1 aromatic carbocycles. The van der Waals surface area contributed by atoms with E-state index >= 15 is 0 Å². The Morgan fingerprint density at radius 3 is 2.66 bits per heavy atom. The van der Waals surface area contributed by atoms with Crippen molar-refractivity contribution in [3.05, 3.63) is 34.9 Å². The van der Waals surface area contributed by atoms with Crippen LogP contribution in [-0.2, 0) is 27.5 Å². The van der Waals surface area contributed by atoms with E-state index in [1.165, 1.54) is 18.7 Å². The van der Waals surface area contributed by atoms with Crippen LogP contribution in [0.3, 0.4) is 0 Å². The zero-order valence-electron chi connectivity index (χ0n) is 16.1. The Balaban J connectivity index is 1.67. The molecule has 1 aromatic rings. The van der Waals surface area contributed by atoms with Crippen molar-refractivity contribution in [2.75, 3.05) is 0 Å². The molecule has 0 spiro atoms. The lowest BCUT2D eigenvalue weighted by Gasteiger charge is -2.29. The molecule has 1 saturated heterocycles. The molecule has 10 heteroatoms. The summed E-state index contributed by atoms with van der Waals surface area (Å²) < 4.78 is 0. The van der Waals surface area contributed by atoms with Crippen LogP contribution in [0, 0.1) is 0 Å². The Morgan fingerprint density at radius 2 is 2.00 bits per heavy atom. The van der Waals surface area contributed by atoms with Gasteiger partial charge in [0.15, 0.2) is 0 Å². The van der Waals surface area contributed by atoms with E-state index < -0.39 is 29.5 Å². The van der Waals surface area contributed by atoms with Crippen molar-refractivity contribution in [3.8, 4) is 0 Å². The van der Waals surface area contributed by atoms with Crippen molar-refractivity contribution in [1.82, 2.24) is 20.9 Å². The smallest absolute Gasteiger partial charge is 0.405 e. The van der Waals surface area contributed by atoms with Gasteiger partial charge in [0, 0.05) is 25.1 Å². The molecule has 2 aliphatic heterocycles. The number of carbonyl (C=O) groups is 5. The molecule has 10 nitrogen and oxygen atoms in total. The molecule has 3 rings (SSSR count). The largest absolute Gasteiger partial charge is 0.465 e. The van der Waals surface area contributed by atoms with Crippen LogP contribution in [0.5, 0.6) is 0 Å². The molecular weight excluding hydrogens is 380 g/mol. The van der Waals surface area contributed by atoms with E-state index in [0.29, 0.717) is 12.0 Å². The van der Waals surface area contributed by atoms with Gasteiger partial charge in [-0.15, -0.1) is 0 Å². The van der Waals surface area contributed by atoms with Gasteiger partial charge in [0.25, 0.3) is 5.91 Å². The number of carboxylic acid groups (broad SMARTS) is 1. The van der Waals surface area contributed by atoms with Crippen LogP contribution in [0.2, 0.25) is 0 Å². The fourth-order valence-corrected chi connectivity index (χ4v) is 3.47. The molecule has 0 saturated carbocycles. The minimum Gasteiger partial charge on any atom is -0.465 e. The lowest BCUT2D eigenvalue weighted by atomic mass is 10.0. The van der Waals surface area contributed by atoms with E-state index in [1.807, 2.05) is 0 Å². The first kappa shape index (κ1) is 20.3. The number of imide groups is 1. The molecule has 0 aromatic heterocycles. The monoisotopic (exact) mass is 402 g/mol. The maximum absolute atomic E-state index is 12.7. The van der Waals surface area contributed by atoms with Gasteiger partial charge in [-0.1, -0.05) is 12.1 Å². The number of carbonyl (C=O) groups excluding carboxylic acids is 4. The van der Waals surface area contributed by atoms with E-state index in [2.05, 4.69) is 16.0 Å². The number of fused-ring (bicyclic) bond motifs is 1. The molecule has 0 bridgehead atoms. The Labute approximate surface area is 166 Å². The molecule has 0 aliphatic carbocycles. The fourth-order valence-electron chi connectivity index (χ4n) is 3.47. The highest BCUT2D eigenvalue weighted by Crippen LogP contribution is 2.28. The van der Waals surface area contributed by atoms with E-state index in [4.69, 9.17) is 5.11 Å². The maximum Gasteiger partial charge on any atom is 0.405 e. The van der Waals surface area contributed by atoms with E-state index in [-0.39, 0.29) is 31.3 Å². The first-order valence-electron chi connectivity index (χ1n) is 9.14. The predicted octanol–water partition coefficient (Wildman–Crippen LogP) is 0.110. The van der Waals surface area contributed by atoms with Crippen LogP contribution < -0.4 is 16.0 Å². The Kier molecular flexibility index (Phi) is 5.27. The average Bonchev–Trinajstić information content (AvgIpc) is 2.94. The normalized spacial score (nSPS) is 18.9. The van der Waals surface area contributed by atoms with E-state index in [9.17, 15) is 24.0 Å². The summed E-state index contributed by atoms with van der Waals surface area (Å²) in [7, 11) is 0. The number of benzene rings is 1. The van der Waals surface area contributed by atoms with Crippen molar-refractivity contribution in [2.45, 2.75) is 51.4 Å². The third kappa shape index (κ3) is 4.20. The number of rotatable bonds is 5. The van der Waals surface area contributed by atoms with Crippen molar-refractivity contribution in [2.24, 2.45) is 0 Å². The standard InChI is InChI=1S/C19H22N4O6/c1-19(2,22-18(28)29)17(27)20-8-10-3-4-12-11(7-10)9-23(16(12)26)13-5-6-14(24)21-15(13)25/h3-4,7,13,22H,5-6,8-9H2,1-2H3,(H,20,27)(H,28,29)(H,21,24,25). The minimum absolute atomic E-state index is 0.156. The molecule has 4 N–H and O–H groups in total. The summed E-state index contributed by atoms with van der Waals surface area (Å²) in [6.07, 6.45) is -0.817. The summed E-state index contributed by atoms with van der Waals surface area (Å²) in [5.74, 6) is -1.56. The van der Waals surface area contributed by atoms with Gasteiger partial charge >= 0.3 is 6.09 Å². The zero-order valence-corrected chi connectivity index (χ0v) is 16.1.